The molecule has 1 aromatic rings. The molecular weight excluding hydrogens is 202 g/mol. The fourth-order valence-corrected chi connectivity index (χ4v) is 2.30. The van der Waals surface area contributed by atoms with Gasteiger partial charge in [0.2, 0.25) is 5.72 Å². The zero-order valence-electron chi connectivity index (χ0n) is 10.2. The van der Waals surface area contributed by atoms with Crippen LogP contribution in [0.25, 0.3) is 0 Å². The van der Waals surface area contributed by atoms with Crippen LogP contribution in [0.4, 0.5) is 0 Å². The van der Waals surface area contributed by atoms with Crippen LogP contribution in [0.2, 0.25) is 0 Å². The van der Waals surface area contributed by atoms with Crippen LogP contribution in [0.15, 0.2) is 35.3 Å². The van der Waals surface area contributed by atoms with Crippen LogP contribution in [0, 0.1) is 0 Å². The molecule has 1 atom stereocenters. The molecule has 0 aliphatic carbocycles. The Morgan fingerprint density at radius 2 is 1.81 bits per heavy atom. The Bertz CT molecular complexity index is 411. The van der Waals surface area contributed by atoms with Crippen LogP contribution in [0.5, 0.6) is 0 Å². The van der Waals surface area contributed by atoms with Crippen LogP contribution >= 0.6 is 0 Å². The van der Waals surface area contributed by atoms with Crippen molar-refractivity contribution in [2.75, 3.05) is 7.11 Å². The summed E-state index contributed by atoms with van der Waals surface area (Å²) < 4.78 is 11.4. The Morgan fingerprint density at radius 1 is 1.19 bits per heavy atom. The average Bonchev–Trinajstić information content (AvgIpc) is 2.49. The first kappa shape index (κ1) is 11.1. The third-order valence-electron chi connectivity index (χ3n) is 2.99. The minimum atomic E-state index is -0.738. The third-order valence-corrected chi connectivity index (χ3v) is 2.99. The number of methoxy groups -OCH3 is 1. The van der Waals surface area contributed by atoms with Gasteiger partial charge in [-0.2, -0.15) is 0 Å². The first-order valence-electron chi connectivity index (χ1n) is 5.38. The first-order valence-corrected chi connectivity index (χ1v) is 5.38. The van der Waals surface area contributed by atoms with Gasteiger partial charge in [0.05, 0.1) is 0 Å². The molecule has 0 fully saturated rings. The van der Waals surface area contributed by atoms with E-state index in [0.717, 1.165) is 5.56 Å². The molecule has 1 aromatic carbocycles. The second kappa shape index (κ2) is 3.59. The predicted molar refractivity (Wildman–Crippen MR) is 63.4 cm³/mol. The van der Waals surface area contributed by atoms with Gasteiger partial charge in [-0.1, -0.05) is 30.3 Å². The van der Waals surface area contributed by atoms with Gasteiger partial charge < -0.3 is 9.47 Å². The lowest BCUT2D eigenvalue weighted by Crippen LogP contribution is -2.45. The van der Waals surface area contributed by atoms with Crippen molar-refractivity contribution in [1.29, 1.82) is 0 Å². The van der Waals surface area contributed by atoms with Gasteiger partial charge in [-0.05, 0) is 13.8 Å². The van der Waals surface area contributed by atoms with E-state index in [-0.39, 0.29) is 0 Å². The minimum absolute atomic E-state index is 0.493. The minimum Gasteiger partial charge on any atom is -0.470 e. The Balaban J connectivity index is 2.56. The number of nitrogens with zero attached hydrogens (tertiary/aromatic N) is 1. The molecule has 0 N–H and O–H groups in total. The van der Waals surface area contributed by atoms with Crippen molar-refractivity contribution in [2.24, 2.45) is 4.99 Å². The maximum Gasteiger partial charge on any atom is 0.227 e. The van der Waals surface area contributed by atoms with E-state index in [2.05, 4.69) is 4.99 Å². The SMILES string of the molecule is COC1(c2ccccc2)N=C(C)OC1(C)C. The average molecular weight is 219 g/mol. The van der Waals surface area contributed by atoms with Gasteiger partial charge in [-0.25, -0.2) is 4.99 Å². The summed E-state index contributed by atoms with van der Waals surface area (Å²) in [6.45, 7) is 5.83. The normalized spacial score (nSPS) is 27.4. The largest absolute Gasteiger partial charge is 0.470 e. The molecule has 0 saturated heterocycles. The van der Waals surface area contributed by atoms with Gasteiger partial charge in [0, 0.05) is 19.6 Å². The topological polar surface area (TPSA) is 30.8 Å². The number of rotatable bonds is 2. The number of hydrogen-bond acceptors (Lipinski definition) is 3. The van der Waals surface area contributed by atoms with E-state index in [1.165, 1.54) is 0 Å². The molecule has 1 heterocycles. The fourth-order valence-electron chi connectivity index (χ4n) is 2.30. The zero-order chi connectivity index (χ0) is 11.8. The van der Waals surface area contributed by atoms with Crippen molar-refractivity contribution >= 4 is 5.90 Å². The molecule has 3 nitrogen and oxygen atoms in total. The summed E-state index contributed by atoms with van der Waals surface area (Å²) in [5.74, 6) is 0.663. The van der Waals surface area contributed by atoms with E-state index in [1.54, 1.807) is 7.11 Å². The molecular formula is C13H17NO2. The first-order chi connectivity index (χ1) is 7.52. The summed E-state index contributed by atoms with van der Waals surface area (Å²) in [6, 6.07) is 9.96. The lowest BCUT2D eigenvalue weighted by molar-refractivity contribution is -0.122. The molecule has 1 aliphatic rings. The summed E-state index contributed by atoms with van der Waals surface area (Å²) in [4.78, 5) is 4.53. The molecule has 1 aliphatic heterocycles. The summed E-state index contributed by atoms with van der Waals surface area (Å²) in [5.41, 5.74) is -0.217. The molecule has 3 heteroatoms. The Morgan fingerprint density at radius 3 is 2.25 bits per heavy atom. The maximum absolute atomic E-state index is 5.73. The highest BCUT2D eigenvalue weighted by Crippen LogP contribution is 2.44. The van der Waals surface area contributed by atoms with Crippen LogP contribution in [0.3, 0.4) is 0 Å². The molecule has 1 unspecified atom stereocenters. The predicted octanol–water partition coefficient (Wildman–Crippen LogP) is 2.71. The quantitative estimate of drug-likeness (QED) is 0.765. The van der Waals surface area contributed by atoms with Gasteiger partial charge in [-0.15, -0.1) is 0 Å². The van der Waals surface area contributed by atoms with Crippen molar-refractivity contribution in [3.8, 4) is 0 Å². The molecule has 16 heavy (non-hydrogen) atoms. The summed E-state index contributed by atoms with van der Waals surface area (Å²) >= 11 is 0. The summed E-state index contributed by atoms with van der Waals surface area (Å²) in [5, 5.41) is 0. The number of benzene rings is 1. The fraction of sp³-hybridized carbons (Fsp3) is 0.462. The van der Waals surface area contributed by atoms with E-state index in [0.29, 0.717) is 5.90 Å². The standard InChI is InChI=1S/C13H17NO2/c1-10-14-13(15-4,12(2,3)16-10)11-8-6-5-7-9-11/h5-9H,1-4H3. The Hall–Kier alpha value is -1.35. The highest BCUT2D eigenvalue weighted by atomic mass is 16.6. The van der Waals surface area contributed by atoms with Crippen molar-refractivity contribution in [1.82, 2.24) is 0 Å². The van der Waals surface area contributed by atoms with E-state index in [1.807, 2.05) is 51.1 Å². The second-order valence-electron chi connectivity index (χ2n) is 4.46. The molecule has 0 aromatic heterocycles. The number of aliphatic imine (C=N–C) groups is 1. The van der Waals surface area contributed by atoms with Crippen LogP contribution in [0.1, 0.15) is 26.3 Å². The Kier molecular flexibility index (Phi) is 2.50. The second-order valence-corrected chi connectivity index (χ2v) is 4.46. The molecule has 0 amide bonds. The van der Waals surface area contributed by atoms with Gasteiger partial charge in [0.25, 0.3) is 0 Å². The van der Waals surface area contributed by atoms with E-state index >= 15 is 0 Å². The van der Waals surface area contributed by atoms with Crippen LogP contribution < -0.4 is 0 Å². The van der Waals surface area contributed by atoms with Gasteiger partial charge in [0.15, 0.2) is 11.5 Å². The van der Waals surface area contributed by atoms with E-state index < -0.39 is 11.3 Å². The summed E-state index contributed by atoms with van der Waals surface area (Å²) in [7, 11) is 1.67. The van der Waals surface area contributed by atoms with E-state index in [9.17, 15) is 0 Å². The Labute approximate surface area is 96.1 Å². The molecule has 0 bridgehead atoms. The number of ether oxygens (including phenoxy) is 2. The van der Waals surface area contributed by atoms with Crippen molar-refractivity contribution < 1.29 is 9.47 Å². The zero-order valence-corrected chi connectivity index (χ0v) is 10.2. The van der Waals surface area contributed by atoms with Gasteiger partial charge >= 0.3 is 0 Å². The molecule has 0 radical (unpaired) electrons. The van der Waals surface area contributed by atoms with Crippen molar-refractivity contribution in [3.05, 3.63) is 35.9 Å². The molecule has 0 saturated carbocycles. The monoisotopic (exact) mass is 219 g/mol. The van der Waals surface area contributed by atoms with Gasteiger partial charge in [-0.3, -0.25) is 0 Å². The molecule has 0 spiro atoms. The molecule has 2 rings (SSSR count). The van der Waals surface area contributed by atoms with Crippen molar-refractivity contribution in [3.63, 3.8) is 0 Å². The maximum atomic E-state index is 5.73. The summed E-state index contributed by atoms with van der Waals surface area (Å²) in [6.07, 6.45) is 0. The van der Waals surface area contributed by atoms with Crippen LogP contribution in [-0.2, 0) is 15.2 Å². The lowest BCUT2D eigenvalue weighted by Gasteiger charge is -2.36. The van der Waals surface area contributed by atoms with Gasteiger partial charge in [0.1, 0.15) is 0 Å². The lowest BCUT2D eigenvalue weighted by atomic mass is 9.88. The highest BCUT2D eigenvalue weighted by molar-refractivity contribution is 5.76. The number of hydrogen-bond donors (Lipinski definition) is 0. The smallest absolute Gasteiger partial charge is 0.227 e. The molecule has 86 valence electrons. The van der Waals surface area contributed by atoms with E-state index in [4.69, 9.17) is 9.47 Å². The highest BCUT2D eigenvalue weighted by Gasteiger charge is 2.53. The third kappa shape index (κ3) is 1.43. The van der Waals surface area contributed by atoms with Crippen molar-refractivity contribution in [2.45, 2.75) is 32.1 Å². The van der Waals surface area contributed by atoms with Crippen LogP contribution in [-0.4, -0.2) is 18.6 Å².